The minimum Gasteiger partial charge on any atom is -0.454 e. The van der Waals surface area contributed by atoms with Gasteiger partial charge in [-0.3, -0.25) is 0 Å². The van der Waals surface area contributed by atoms with Crippen molar-refractivity contribution < 1.29 is 14.2 Å². The summed E-state index contributed by atoms with van der Waals surface area (Å²) in [5, 5.41) is 6.51. The molecule has 0 bridgehead atoms. The largest absolute Gasteiger partial charge is 0.454 e. The molecule has 1 aliphatic heterocycles. The first-order chi connectivity index (χ1) is 11.3. The van der Waals surface area contributed by atoms with Crippen molar-refractivity contribution in [2.45, 2.75) is 33.2 Å². The highest BCUT2D eigenvalue weighted by Crippen LogP contribution is 2.32. The van der Waals surface area contributed by atoms with E-state index in [9.17, 15) is 0 Å². The number of halogens is 1. The van der Waals surface area contributed by atoms with Gasteiger partial charge in [-0.05, 0) is 31.0 Å². The molecule has 7 heteroatoms. The maximum atomic E-state index is 5.54. The topological polar surface area (TPSA) is 64.1 Å². The Bertz CT molecular complexity index is 512. The van der Waals surface area contributed by atoms with E-state index in [1.54, 1.807) is 0 Å². The fraction of sp³-hybridized carbons (Fsp3) is 0.588. The highest BCUT2D eigenvalue weighted by molar-refractivity contribution is 14.0. The lowest BCUT2D eigenvalue weighted by atomic mass is 10.2. The first-order valence-corrected chi connectivity index (χ1v) is 8.32. The van der Waals surface area contributed by atoms with Gasteiger partial charge in [0, 0.05) is 19.7 Å². The third kappa shape index (κ3) is 7.12. The van der Waals surface area contributed by atoms with Crippen LogP contribution in [0, 0.1) is 0 Å². The Balaban J connectivity index is 0.00000288. The molecule has 2 rings (SSSR count). The molecule has 0 aromatic heterocycles. The van der Waals surface area contributed by atoms with Gasteiger partial charge in [0.15, 0.2) is 17.5 Å². The average molecular weight is 449 g/mol. The van der Waals surface area contributed by atoms with Gasteiger partial charge >= 0.3 is 0 Å². The van der Waals surface area contributed by atoms with Crippen LogP contribution in [0.3, 0.4) is 0 Å². The van der Waals surface area contributed by atoms with Gasteiger partial charge in [0.05, 0.1) is 13.2 Å². The molecule has 0 unspecified atom stereocenters. The van der Waals surface area contributed by atoms with E-state index in [-0.39, 0.29) is 24.0 Å². The van der Waals surface area contributed by atoms with Crippen LogP contribution >= 0.6 is 24.0 Å². The van der Waals surface area contributed by atoms with E-state index < -0.39 is 0 Å². The zero-order valence-corrected chi connectivity index (χ0v) is 16.8. The second-order valence-electron chi connectivity index (χ2n) is 5.28. The van der Waals surface area contributed by atoms with E-state index >= 15 is 0 Å². The van der Waals surface area contributed by atoms with E-state index in [0.29, 0.717) is 19.9 Å². The molecule has 0 spiro atoms. The first-order valence-electron chi connectivity index (χ1n) is 8.32. The Morgan fingerprint density at radius 3 is 2.79 bits per heavy atom. The smallest absolute Gasteiger partial charge is 0.231 e. The number of rotatable bonds is 9. The lowest BCUT2D eigenvalue weighted by Crippen LogP contribution is -2.39. The maximum absolute atomic E-state index is 5.54. The van der Waals surface area contributed by atoms with Crippen molar-refractivity contribution in [2.24, 2.45) is 4.99 Å². The molecule has 2 N–H and O–H groups in total. The highest BCUT2D eigenvalue weighted by Gasteiger charge is 2.12. The summed E-state index contributed by atoms with van der Waals surface area (Å²) in [7, 11) is 0. The molecule has 136 valence electrons. The molecule has 0 radical (unpaired) electrons. The summed E-state index contributed by atoms with van der Waals surface area (Å²) < 4.78 is 16.2. The summed E-state index contributed by atoms with van der Waals surface area (Å²) in [5.41, 5.74) is 1.09. The molecule has 1 heterocycles. The van der Waals surface area contributed by atoms with Crippen molar-refractivity contribution in [3.8, 4) is 11.5 Å². The number of ether oxygens (including phenoxy) is 3. The summed E-state index contributed by atoms with van der Waals surface area (Å²) in [5.74, 6) is 2.39. The van der Waals surface area contributed by atoms with Gasteiger partial charge in [0.2, 0.25) is 6.79 Å². The number of aliphatic imine (C=N–C) groups is 1. The molecule has 6 nitrogen and oxygen atoms in total. The number of unbranched alkanes of at least 4 members (excludes halogenated alkanes) is 1. The van der Waals surface area contributed by atoms with E-state index in [1.807, 2.05) is 18.2 Å². The number of hydrogen-bond donors (Lipinski definition) is 2. The van der Waals surface area contributed by atoms with Crippen LogP contribution in [-0.4, -0.2) is 39.1 Å². The Kier molecular flexibility index (Phi) is 10.6. The number of guanidine groups is 1. The molecule has 1 aromatic rings. The van der Waals surface area contributed by atoms with Crippen molar-refractivity contribution in [1.29, 1.82) is 0 Å². The lowest BCUT2D eigenvalue weighted by Gasteiger charge is -2.11. The van der Waals surface area contributed by atoms with Gasteiger partial charge in [-0.15, -0.1) is 24.0 Å². The van der Waals surface area contributed by atoms with Crippen molar-refractivity contribution in [2.75, 3.05) is 33.1 Å². The van der Waals surface area contributed by atoms with Gasteiger partial charge in [-0.25, -0.2) is 4.99 Å². The third-order valence-electron chi connectivity index (χ3n) is 3.38. The summed E-state index contributed by atoms with van der Waals surface area (Å²) in [6.07, 6.45) is 2.27. The van der Waals surface area contributed by atoms with Crippen LogP contribution in [0.5, 0.6) is 11.5 Å². The Morgan fingerprint density at radius 1 is 1.17 bits per heavy atom. The van der Waals surface area contributed by atoms with Gasteiger partial charge < -0.3 is 24.8 Å². The maximum Gasteiger partial charge on any atom is 0.231 e. The standard InChI is InChI=1S/C17H27N3O3.HI/c1-3-5-9-21-10-8-19-17(18-4-2)20-12-14-6-7-15-16(11-14)23-13-22-15;/h6-7,11H,3-5,8-10,12-13H2,1-2H3,(H2,18,19,20);1H. The minimum atomic E-state index is 0. The predicted molar refractivity (Wildman–Crippen MR) is 107 cm³/mol. The number of hydrogen-bond acceptors (Lipinski definition) is 4. The fourth-order valence-corrected chi connectivity index (χ4v) is 2.14. The molecular weight excluding hydrogens is 421 g/mol. The van der Waals surface area contributed by atoms with Crippen molar-refractivity contribution in [1.82, 2.24) is 10.6 Å². The SMILES string of the molecule is CCCCOCCNC(=NCc1ccc2c(c1)OCO2)NCC.I. The Hall–Kier alpha value is -1.22. The first kappa shape index (κ1) is 20.8. The number of nitrogens with one attached hydrogen (secondary N) is 2. The summed E-state index contributed by atoms with van der Waals surface area (Å²) in [4.78, 5) is 4.59. The van der Waals surface area contributed by atoms with Crippen LogP contribution < -0.4 is 20.1 Å². The fourth-order valence-electron chi connectivity index (χ4n) is 2.14. The predicted octanol–water partition coefficient (Wildman–Crippen LogP) is 2.91. The average Bonchev–Trinajstić information content (AvgIpc) is 3.03. The molecule has 0 saturated carbocycles. The molecule has 0 atom stereocenters. The number of benzene rings is 1. The molecule has 1 aliphatic rings. The second kappa shape index (κ2) is 12.2. The van der Waals surface area contributed by atoms with Gasteiger partial charge in [-0.2, -0.15) is 0 Å². The van der Waals surface area contributed by atoms with Crippen molar-refractivity contribution >= 4 is 29.9 Å². The van der Waals surface area contributed by atoms with E-state index in [1.165, 1.54) is 0 Å². The van der Waals surface area contributed by atoms with Crippen LogP contribution in [0.4, 0.5) is 0 Å². The normalized spacial score (nSPS) is 12.7. The summed E-state index contributed by atoms with van der Waals surface area (Å²) >= 11 is 0. The van der Waals surface area contributed by atoms with E-state index in [2.05, 4.69) is 29.5 Å². The molecule has 0 aliphatic carbocycles. The van der Waals surface area contributed by atoms with Crippen LogP contribution in [0.1, 0.15) is 32.3 Å². The zero-order valence-electron chi connectivity index (χ0n) is 14.5. The second-order valence-corrected chi connectivity index (χ2v) is 5.28. The molecule has 1 aromatic carbocycles. The van der Waals surface area contributed by atoms with Gasteiger partial charge in [0.25, 0.3) is 0 Å². The Morgan fingerprint density at radius 2 is 2.00 bits per heavy atom. The van der Waals surface area contributed by atoms with Gasteiger partial charge in [-0.1, -0.05) is 19.4 Å². The molecule has 0 amide bonds. The van der Waals surface area contributed by atoms with Crippen LogP contribution in [0.2, 0.25) is 0 Å². The lowest BCUT2D eigenvalue weighted by molar-refractivity contribution is 0.136. The third-order valence-corrected chi connectivity index (χ3v) is 3.38. The van der Waals surface area contributed by atoms with Gasteiger partial charge in [0.1, 0.15) is 0 Å². The van der Waals surface area contributed by atoms with E-state index in [0.717, 1.165) is 55.6 Å². The molecule has 24 heavy (non-hydrogen) atoms. The van der Waals surface area contributed by atoms with Crippen LogP contribution in [-0.2, 0) is 11.3 Å². The number of nitrogens with zero attached hydrogens (tertiary/aromatic N) is 1. The van der Waals surface area contributed by atoms with Crippen LogP contribution in [0.15, 0.2) is 23.2 Å². The summed E-state index contributed by atoms with van der Waals surface area (Å²) in [6, 6.07) is 5.91. The minimum absolute atomic E-state index is 0. The van der Waals surface area contributed by atoms with Crippen molar-refractivity contribution in [3.63, 3.8) is 0 Å². The van der Waals surface area contributed by atoms with Crippen LogP contribution in [0.25, 0.3) is 0 Å². The monoisotopic (exact) mass is 449 g/mol. The quantitative estimate of drug-likeness (QED) is 0.263. The summed E-state index contributed by atoms with van der Waals surface area (Å²) in [6.45, 7) is 8.17. The molecule has 0 fully saturated rings. The molecule has 0 saturated heterocycles. The molecular formula is C17H28IN3O3. The highest BCUT2D eigenvalue weighted by atomic mass is 127. The van der Waals surface area contributed by atoms with E-state index in [4.69, 9.17) is 14.2 Å². The van der Waals surface area contributed by atoms with Crippen molar-refractivity contribution in [3.05, 3.63) is 23.8 Å². The Labute approximate surface area is 161 Å². The number of fused-ring (bicyclic) bond motifs is 1. The zero-order chi connectivity index (χ0) is 16.3.